The molecular formula is C24H23NO. The predicted molar refractivity (Wildman–Crippen MR) is 108 cm³/mol. The Morgan fingerprint density at radius 1 is 0.808 bits per heavy atom. The largest absolute Gasteiger partial charge is 0.497 e. The molecular weight excluding hydrogens is 318 g/mol. The van der Waals surface area contributed by atoms with Gasteiger partial charge in [0.15, 0.2) is 0 Å². The van der Waals surface area contributed by atoms with Gasteiger partial charge < -0.3 is 9.72 Å². The van der Waals surface area contributed by atoms with Gasteiger partial charge in [0.1, 0.15) is 5.75 Å². The van der Waals surface area contributed by atoms with Crippen molar-refractivity contribution in [2.45, 2.75) is 19.3 Å². The van der Waals surface area contributed by atoms with Crippen LogP contribution < -0.4 is 4.74 Å². The summed E-state index contributed by atoms with van der Waals surface area (Å²) in [6.07, 6.45) is 2.16. The van der Waals surface area contributed by atoms with E-state index in [0.717, 1.165) is 5.75 Å². The Kier molecular flexibility index (Phi) is 4.04. The number of aromatic nitrogens is 1. The average molecular weight is 341 g/mol. The zero-order chi connectivity index (χ0) is 18.1. The van der Waals surface area contributed by atoms with E-state index in [1.54, 1.807) is 7.11 Å². The molecule has 0 amide bonds. The highest BCUT2D eigenvalue weighted by molar-refractivity contribution is 5.88. The number of aromatic amines is 1. The molecule has 0 aliphatic heterocycles. The van der Waals surface area contributed by atoms with E-state index in [4.69, 9.17) is 4.74 Å². The lowest BCUT2D eigenvalue weighted by molar-refractivity contribution is 0.414. The van der Waals surface area contributed by atoms with Crippen LogP contribution in [0.2, 0.25) is 0 Å². The van der Waals surface area contributed by atoms with Gasteiger partial charge in [0, 0.05) is 22.5 Å². The first kappa shape index (κ1) is 16.5. The van der Waals surface area contributed by atoms with E-state index in [1.807, 2.05) is 12.1 Å². The average Bonchev–Trinajstić information content (AvgIpc) is 3.14. The maximum Gasteiger partial charge on any atom is 0.118 e. The molecule has 1 unspecified atom stereocenters. The predicted octanol–water partition coefficient (Wildman–Crippen LogP) is 5.84. The van der Waals surface area contributed by atoms with Crippen LogP contribution in [-0.4, -0.2) is 12.1 Å². The van der Waals surface area contributed by atoms with Gasteiger partial charge in [-0.1, -0.05) is 60.7 Å². The third-order valence-corrected chi connectivity index (χ3v) is 5.48. The van der Waals surface area contributed by atoms with Gasteiger partial charge >= 0.3 is 0 Å². The van der Waals surface area contributed by atoms with E-state index < -0.39 is 0 Å². The number of H-pyrrole nitrogens is 1. The van der Waals surface area contributed by atoms with E-state index in [0.29, 0.717) is 0 Å². The molecule has 0 aliphatic rings. The van der Waals surface area contributed by atoms with E-state index in [-0.39, 0.29) is 5.41 Å². The fourth-order valence-corrected chi connectivity index (χ4v) is 3.89. The first-order chi connectivity index (χ1) is 12.6. The van der Waals surface area contributed by atoms with Crippen molar-refractivity contribution in [1.29, 1.82) is 0 Å². The number of fused-ring (bicyclic) bond motifs is 1. The van der Waals surface area contributed by atoms with Crippen LogP contribution in [0.25, 0.3) is 10.9 Å². The van der Waals surface area contributed by atoms with Crippen LogP contribution in [0.4, 0.5) is 0 Å². The molecule has 0 spiro atoms. The van der Waals surface area contributed by atoms with Gasteiger partial charge in [-0.2, -0.15) is 0 Å². The van der Waals surface area contributed by atoms with E-state index >= 15 is 0 Å². The first-order valence-electron chi connectivity index (χ1n) is 8.92. The van der Waals surface area contributed by atoms with E-state index in [9.17, 15) is 0 Å². The maximum absolute atomic E-state index is 5.36. The lowest BCUT2D eigenvalue weighted by Gasteiger charge is -2.31. The van der Waals surface area contributed by atoms with Gasteiger partial charge in [-0.05, 0) is 48.2 Å². The maximum atomic E-state index is 5.36. The molecule has 2 heteroatoms. The first-order valence-corrected chi connectivity index (χ1v) is 8.92. The second kappa shape index (κ2) is 6.38. The molecule has 130 valence electrons. The lowest BCUT2D eigenvalue weighted by Crippen LogP contribution is -2.25. The number of rotatable bonds is 4. The Morgan fingerprint density at radius 3 is 2.19 bits per heavy atom. The summed E-state index contributed by atoms with van der Waals surface area (Å²) < 4.78 is 5.36. The molecule has 1 atom stereocenters. The van der Waals surface area contributed by atoms with Crippen LogP contribution in [0.3, 0.4) is 0 Å². The van der Waals surface area contributed by atoms with Crippen LogP contribution in [0.1, 0.15) is 29.2 Å². The Morgan fingerprint density at radius 2 is 1.50 bits per heavy atom. The van der Waals surface area contributed by atoms with Gasteiger partial charge in [-0.25, -0.2) is 0 Å². The second-order valence-electron chi connectivity index (χ2n) is 6.92. The Hall–Kier alpha value is -3.00. The number of hydrogen-bond acceptors (Lipinski definition) is 1. The summed E-state index contributed by atoms with van der Waals surface area (Å²) in [5.41, 5.74) is 6.00. The van der Waals surface area contributed by atoms with Gasteiger partial charge in [0.25, 0.3) is 0 Å². The topological polar surface area (TPSA) is 25.0 Å². The molecule has 0 saturated carbocycles. The summed E-state index contributed by atoms with van der Waals surface area (Å²) in [6, 6.07) is 25.6. The number of para-hydroxylation sites is 1. The smallest absolute Gasteiger partial charge is 0.118 e. The summed E-state index contributed by atoms with van der Waals surface area (Å²) in [4.78, 5) is 3.50. The second-order valence-corrected chi connectivity index (χ2v) is 6.92. The monoisotopic (exact) mass is 341 g/mol. The van der Waals surface area contributed by atoms with Gasteiger partial charge in [0.2, 0.25) is 0 Å². The molecule has 3 aromatic carbocycles. The molecule has 26 heavy (non-hydrogen) atoms. The molecule has 1 N–H and O–H groups in total. The summed E-state index contributed by atoms with van der Waals surface area (Å²) in [6.45, 7) is 4.45. The fraction of sp³-hybridized carbons (Fsp3) is 0.167. The number of aryl methyl sites for hydroxylation is 1. The van der Waals surface area contributed by atoms with Crippen molar-refractivity contribution in [3.8, 4) is 5.75 Å². The standard InChI is InChI=1S/C24H23NO/c1-17-8-7-11-21-22(16-25-23(17)21)24(2,18-9-5-4-6-10-18)19-12-14-20(26-3)15-13-19/h4-16,25H,1-3H3. The van der Waals surface area contributed by atoms with E-state index in [1.165, 1.54) is 33.2 Å². The fourth-order valence-electron chi connectivity index (χ4n) is 3.89. The minimum absolute atomic E-state index is 0.264. The molecule has 1 aromatic heterocycles. The van der Waals surface area contributed by atoms with Gasteiger partial charge in [-0.15, -0.1) is 0 Å². The van der Waals surface area contributed by atoms with Crippen LogP contribution in [0, 0.1) is 6.92 Å². The van der Waals surface area contributed by atoms with Crippen LogP contribution in [-0.2, 0) is 5.41 Å². The Labute approximate surface area is 154 Å². The minimum Gasteiger partial charge on any atom is -0.497 e. The highest BCUT2D eigenvalue weighted by Gasteiger charge is 2.33. The van der Waals surface area contributed by atoms with Crippen molar-refractivity contribution in [1.82, 2.24) is 4.98 Å². The summed E-state index contributed by atoms with van der Waals surface area (Å²) in [5, 5.41) is 1.27. The van der Waals surface area contributed by atoms with Crippen LogP contribution >= 0.6 is 0 Å². The third-order valence-electron chi connectivity index (χ3n) is 5.48. The van der Waals surface area contributed by atoms with Crippen molar-refractivity contribution in [2.24, 2.45) is 0 Å². The number of hydrogen-bond donors (Lipinski definition) is 1. The zero-order valence-electron chi connectivity index (χ0n) is 15.4. The lowest BCUT2D eigenvalue weighted by atomic mass is 9.71. The van der Waals surface area contributed by atoms with Crippen molar-refractivity contribution in [3.63, 3.8) is 0 Å². The molecule has 0 bridgehead atoms. The van der Waals surface area contributed by atoms with Crippen molar-refractivity contribution in [2.75, 3.05) is 7.11 Å². The molecule has 0 fully saturated rings. The van der Waals surface area contributed by atoms with Crippen molar-refractivity contribution in [3.05, 3.63) is 101 Å². The molecule has 0 aliphatic carbocycles. The quantitative estimate of drug-likeness (QED) is 0.495. The molecule has 4 aromatic rings. The summed E-state index contributed by atoms with van der Waals surface area (Å²) in [5.74, 6) is 0.874. The zero-order valence-corrected chi connectivity index (χ0v) is 15.4. The molecule has 1 heterocycles. The summed E-state index contributed by atoms with van der Waals surface area (Å²) >= 11 is 0. The normalized spacial score (nSPS) is 13.5. The van der Waals surface area contributed by atoms with Crippen molar-refractivity contribution < 1.29 is 4.74 Å². The van der Waals surface area contributed by atoms with Crippen LogP contribution in [0.5, 0.6) is 5.75 Å². The SMILES string of the molecule is COc1ccc(C(C)(c2ccccc2)c2c[nH]c3c(C)cccc23)cc1. The number of methoxy groups -OCH3 is 1. The Bertz CT molecular complexity index is 1030. The van der Waals surface area contributed by atoms with Crippen molar-refractivity contribution >= 4 is 10.9 Å². The molecule has 0 saturated heterocycles. The van der Waals surface area contributed by atoms with Crippen LogP contribution in [0.15, 0.2) is 79.0 Å². The Balaban J connectivity index is 2.00. The highest BCUT2D eigenvalue weighted by Crippen LogP contribution is 2.42. The van der Waals surface area contributed by atoms with E-state index in [2.05, 4.69) is 85.7 Å². The summed E-state index contributed by atoms with van der Waals surface area (Å²) in [7, 11) is 1.70. The minimum atomic E-state index is -0.264. The van der Waals surface area contributed by atoms with Gasteiger partial charge in [-0.3, -0.25) is 0 Å². The highest BCUT2D eigenvalue weighted by atomic mass is 16.5. The van der Waals surface area contributed by atoms with Gasteiger partial charge in [0.05, 0.1) is 7.11 Å². The third kappa shape index (κ3) is 2.50. The number of benzene rings is 3. The number of ether oxygens (including phenoxy) is 1. The molecule has 2 nitrogen and oxygen atoms in total. The molecule has 4 rings (SSSR count). The molecule has 0 radical (unpaired) electrons. The number of nitrogens with one attached hydrogen (secondary N) is 1.